The first kappa shape index (κ1) is 31.3. The Kier molecular flexibility index (Phi) is 14.2. The number of hydrogen-bond acceptors (Lipinski definition) is 4. The summed E-state index contributed by atoms with van der Waals surface area (Å²) in [7, 11) is 0. The highest BCUT2D eigenvalue weighted by Gasteiger charge is 2.29. The fraction of sp³-hybridized carbons (Fsp3) is 0.0303. The number of nitriles is 2. The third-order valence-electron chi connectivity index (χ3n) is 4.99. The van der Waals surface area contributed by atoms with E-state index in [1.807, 2.05) is 78.9 Å². The van der Waals surface area contributed by atoms with Gasteiger partial charge in [-0.3, -0.25) is 0 Å². The number of allylic oxidation sites excluding steroid dienone is 10. The fourth-order valence-corrected chi connectivity index (χ4v) is 3.00. The highest BCUT2D eigenvalue weighted by Crippen LogP contribution is 2.33. The molecular weight excluding hydrogens is 488 g/mol. The van der Waals surface area contributed by atoms with Crippen LogP contribution in [0.3, 0.4) is 0 Å². The summed E-state index contributed by atoms with van der Waals surface area (Å²) in [5.74, 6) is -2.17. The second kappa shape index (κ2) is 17.7. The summed E-state index contributed by atoms with van der Waals surface area (Å²) >= 11 is 0. The van der Waals surface area contributed by atoms with E-state index in [9.17, 15) is 14.7 Å². The molecule has 1 unspecified atom stereocenters. The van der Waals surface area contributed by atoms with Crippen molar-refractivity contribution in [2.24, 2.45) is 5.41 Å². The molecule has 0 heterocycles. The molecule has 2 aromatic carbocycles. The van der Waals surface area contributed by atoms with Gasteiger partial charge in [0, 0.05) is 23.8 Å². The molecule has 0 amide bonds. The molecule has 0 aliphatic rings. The van der Waals surface area contributed by atoms with E-state index in [-0.39, 0.29) is 5.57 Å². The lowest BCUT2D eigenvalue weighted by molar-refractivity contribution is -0.133. The molecule has 1 atom stereocenters. The summed E-state index contributed by atoms with van der Waals surface area (Å²) in [6.07, 6.45) is 18.2. The number of carboxylic acid groups (broad SMARTS) is 2. The molecule has 194 valence electrons. The van der Waals surface area contributed by atoms with Gasteiger partial charge in [-0.25, -0.2) is 9.59 Å². The van der Waals surface area contributed by atoms with Crippen molar-refractivity contribution in [2.75, 3.05) is 0 Å². The van der Waals surface area contributed by atoms with Crippen LogP contribution in [-0.4, -0.2) is 22.2 Å². The van der Waals surface area contributed by atoms with Gasteiger partial charge in [-0.15, -0.1) is 0 Å². The van der Waals surface area contributed by atoms with E-state index in [4.69, 9.17) is 15.6 Å². The van der Waals surface area contributed by atoms with Crippen LogP contribution >= 0.6 is 0 Å². The highest BCUT2D eigenvalue weighted by atomic mass is 16.4. The number of carboxylic acids is 2. The highest BCUT2D eigenvalue weighted by molar-refractivity contribution is 5.90. The minimum absolute atomic E-state index is 0.0516. The van der Waals surface area contributed by atoms with Crippen molar-refractivity contribution in [1.82, 2.24) is 0 Å². The van der Waals surface area contributed by atoms with Crippen LogP contribution in [0.25, 0.3) is 12.2 Å². The largest absolute Gasteiger partial charge is 0.478 e. The van der Waals surface area contributed by atoms with Gasteiger partial charge in [-0.05, 0) is 22.8 Å². The van der Waals surface area contributed by atoms with Crippen LogP contribution in [0.1, 0.15) is 11.1 Å². The van der Waals surface area contributed by atoms with Gasteiger partial charge in [-0.1, -0.05) is 122 Å². The molecule has 0 bridgehead atoms. The molecular formula is C33H28N2O4. The molecule has 0 aromatic heterocycles. The molecule has 2 rings (SSSR count). The average Bonchev–Trinajstić information content (AvgIpc) is 2.95. The molecule has 6 nitrogen and oxygen atoms in total. The van der Waals surface area contributed by atoms with Gasteiger partial charge in [0.15, 0.2) is 0 Å². The first-order valence-electron chi connectivity index (χ1n) is 11.6. The maximum Gasteiger partial charge on any atom is 0.332 e. The molecule has 2 aromatic rings. The lowest BCUT2D eigenvalue weighted by atomic mass is 9.79. The van der Waals surface area contributed by atoms with E-state index in [1.165, 1.54) is 24.3 Å². The van der Waals surface area contributed by atoms with Crippen molar-refractivity contribution < 1.29 is 19.8 Å². The van der Waals surface area contributed by atoms with Gasteiger partial charge in [0.25, 0.3) is 0 Å². The summed E-state index contributed by atoms with van der Waals surface area (Å²) in [5.41, 5.74) is 1.30. The Labute approximate surface area is 228 Å². The zero-order valence-corrected chi connectivity index (χ0v) is 21.2. The zero-order valence-electron chi connectivity index (χ0n) is 21.2. The van der Waals surface area contributed by atoms with E-state index in [1.54, 1.807) is 36.5 Å². The number of nitrogens with zero attached hydrogens (tertiary/aromatic N) is 2. The molecule has 0 aliphatic heterocycles. The van der Waals surface area contributed by atoms with Gasteiger partial charge in [0.1, 0.15) is 0 Å². The smallest absolute Gasteiger partial charge is 0.332 e. The van der Waals surface area contributed by atoms with Crippen LogP contribution in [0.4, 0.5) is 0 Å². The van der Waals surface area contributed by atoms with Crippen molar-refractivity contribution in [3.05, 3.63) is 157 Å². The number of benzene rings is 2. The summed E-state index contributed by atoms with van der Waals surface area (Å²) < 4.78 is 0. The van der Waals surface area contributed by atoms with Crippen LogP contribution in [0, 0.1) is 28.1 Å². The number of carbonyl (C=O) groups is 2. The van der Waals surface area contributed by atoms with E-state index < -0.39 is 17.4 Å². The molecule has 6 heteroatoms. The number of hydrogen-bond donors (Lipinski definition) is 2. The van der Waals surface area contributed by atoms with Crippen LogP contribution in [0.15, 0.2) is 146 Å². The van der Waals surface area contributed by atoms with Crippen LogP contribution < -0.4 is 0 Å². The minimum Gasteiger partial charge on any atom is -0.478 e. The Bertz CT molecular complexity index is 1400. The first-order valence-corrected chi connectivity index (χ1v) is 11.6. The minimum atomic E-state index is -1.13. The van der Waals surface area contributed by atoms with Gasteiger partial charge >= 0.3 is 11.9 Å². The summed E-state index contributed by atoms with van der Waals surface area (Å²) in [4.78, 5) is 21.7. The SMILES string of the molecule is C=CC=CC(C=CC#N)(C=Cc1ccccc1)C(=C)C(=O)O.N#CC=C(C=CC(=O)O)C=Cc1ccccc1. The monoisotopic (exact) mass is 516 g/mol. The standard InChI is InChI=1S/C19H17NO2.C14H11NO2/c1-3-4-12-19(13-8-15-20,16(2)18(21)22)14-11-17-9-6-5-7-10-17;15-11-10-13(8-9-14(16)17)7-6-12-4-2-1-3-5-12/h3-14H,1-2H2,(H,21,22);1-10H,(H,16,17). The molecule has 39 heavy (non-hydrogen) atoms. The van der Waals surface area contributed by atoms with Crippen molar-refractivity contribution >= 4 is 24.1 Å². The van der Waals surface area contributed by atoms with Crippen LogP contribution in [-0.2, 0) is 9.59 Å². The molecule has 2 N–H and O–H groups in total. The Balaban J connectivity index is 0.000000403. The van der Waals surface area contributed by atoms with E-state index in [0.717, 1.165) is 17.2 Å². The molecule has 0 saturated carbocycles. The maximum absolute atomic E-state index is 11.4. The predicted octanol–water partition coefficient (Wildman–Crippen LogP) is 6.94. The third-order valence-corrected chi connectivity index (χ3v) is 4.99. The van der Waals surface area contributed by atoms with Crippen molar-refractivity contribution in [3.63, 3.8) is 0 Å². The van der Waals surface area contributed by atoms with Crippen molar-refractivity contribution in [2.45, 2.75) is 0 Å². The second-order valence-electron chi connectivity index (χ2n) is 7.71. The van der Waals surface area contributed by atoms with Gasteiger partial charge in [-0.2, -0.15) is 10.5 Å². The van der Waals surface area contributed by atoms with Crippen LogP contribution in [0.5, 0.6) is 0 Å². The third kappa shape index (κ3) is 12.2. The normalized spacial score (nSPS) is 13.0. The molecule has 0 fully saturated rings. The predicted molar refractivity (Wildman–Crippen MR) is 155 cm³/mol. The van der Waals surface area contributed by atoms with Gasteiger partial charge in [0.05, 0.1) is 17.6 Å². The summed E-state index contributed by atoms with van der Waals surface area (Å²) in [5, 5.41) is 35.1. The number of aliphatic carboxylic acids is 2. The Morgan fingerprint density at radius 1 is 0.795 bits per heavy atom. The van der Waals surface area contributed by atoms with Crippen molar-refractivity contribution in [3.8, 4) is 12.1 Å². The lowest BCUT2D eigenvalue weighted by Gasteiger charge is -2.23. The zero-order chi connectivity index (χ0) is 28.9. The Morgan fingerprint density at radius 3 is 1.87 bits per heavy atom. The van der Waals surface area contributed by atoms with E-state index in [0.29, 0.717) is 5.57 Å². The van der Waals surface area contributed by atoms with E-state index >= 15 is 0 Å². The second-order valence-corrected chi connectivity index (χ2v) is 7.71. The first-order chi connectivity index (χ1) is 18.8. The van der Waals surface area contributed by atoms with Gasteiger partial charge in [0.2, 0.25) is 0 Å². The van der Waals surface area contributed by atoms with Gasteiger partial charge < -0.3 is 10.2 Å². The lowest BCUT2D eigenvalue weighted by Crippen LogP contribution is -2.21. The Morgan fingerprint density at radius 2 is 1.38 bits per heavy atom. The fourth-order valence-electron chi connectivity index (χ4n) is 3.00. The number of rotatable bonds is 11. The average molecular weight is 517 g/mol. The molecule has 0 aliphatic carbocycles. The molecule has 0 radical (unpaired) electrons. The maximum atomic E-state index is 11.4. The van der Waals surface area contributed by atoms with Crippen LogP contribution in [0.2, 0.25) is 0 Å². The summed E-state index contributed by atoms with van der Waals surface area (Å²) in [6.45, 7) is 7.24. The van der Waals surface area contributed by atoms with E-state index in [2.05, 4.69) is 13.2 Å². The topological polar surface area (TPSA) is 122 Å². The molecule has 0 saturated heterocycles. The van der Waals surface area contributed by atoms with Crippen molar-refractivity contribution in [1.29, 1.82) is 10.5 Å². The summed E-state index contributed by atoms with van der Waals surface area (Å²) in [6, 6.07) is 22.8. The Hall–Kier alpha value is -5.72. The molecule has 0 spiro atoms. The quantitative estimate of drug-likeness (QED) is 0.189.